The third-order valence-electron chi connectivity index (χ3n) is 4.70. The molecule has 0 saturated carbocycles. The SMILES string of the molecule is COC(=O)c1cccc(C(=O)Nc2cccc(C3(C)CCCSC(N)=N3)c2)c1. The summed E-state index contributed by atoms with van der Waals surface area (Å²) in [5, 5.41) is 3.48. The minimum atomic E-state index is -0.480. The first-order valence-electron chi connectivity index (χ1n) is 9.00. The van der Waals surface area contributed by atoms with Gasteiger partial charge in [-0.05, 0) is 55.7 Å². The normalized spacial score (nSPS) is 19.3. The maximum Gasteiger partial charge on any atom is 0.337 e. The molecule has 2 aromatic carbocycles. The molecule has 3 N–H and O–H groups in total. The van der Waals surface area contributed by atoms with Crippen molar-refractivity contribution < 1.29 is 14.3 Å². The largest absolute Gasteiger partial charge is 0.465 e. The van der Waals surface area contributed by atoms with E-state index in [1.165, 1.54) is 13.2 Å². The van der Waals surface area contributed by atoms with E-state index >= 15 is 0 Å². The molecule has 3 rings (SSSR count). The van der Waals surface area contributed by atoms with Crippen molar-refractivity contribution in [2.45, 2.75) is 25.3 Å². The van der Waals surface area contributed by atoms with Crippen LogP contribution >= 0.6 is 11.8 Å². The molecule has 0 saturated heterocycles. The highest BCUT2D eigenvalue weighted by molar-refractivity contribution is 8.13. The highest BCUT2D eigenvalue weighted by Gasteiger charge is 2.28. The van der Waals surface area contributed by atoms with Gasteiger partial charge in [-0.3, -0.25) is 9.79 Å². The molecule has 6 nitrogen and oxygen atoms in total. The molecule has 0 fully saturated rings. The second kappa shape index (κ2) is 8.48. The molecular formula is C21H23N3O3S. The van der Waals surface area contributed by atoms with Gasteiger partial charge < -0.3 is 15.8 Å². The van der Waals surface area contributed by atoms with E-state index in [2.05, 4.69) is 12.2 Å². The van der Waals surface area contributed by atoms with E-state index in [1.54, 1.807) is 30.0 Å². The van der Waals surface area contributed by atoms with Gasteiger partial charge in [0.2, 0.25) is 0 Å². The van der Waals surface area contributed by atoms with Crippen LogP contribution in [0.1, 0.15) is 46.0 Å². The monoisotopic (exact) mass is 397 g/mol. The fourth-order valence-electron chi connectivity index (χ4n) is 3.17. The van der Waals surface area contributed by atoms with Crippen molar-refractivity contribution >= 4 is 34.5 Å². The predicted molar refractivity (Wildman–Crippen MR) is 113 cm³/mol. The van der Waals surface area contributed by atoms with Crippen LogP contribution in [0.4, 0.5) is 5.69 Å². The third kappa shape index (κ3) is 4.54. The zero-order chi connectivity index (χ0) is 20.1. The molecule has 0 aliphatic carbocycles. The number of nitrogens with zero attached hydrogens (tertiary/aromatic N) is 1. The number of rotatable bonds is 4. The van der Waals surface area contributed by atoms with Crippen molar-refractivity contribution in [3.8, 4) is 0 Å². The number of nitrogens with two attached hydrogens (primary N) is 1. The Kier molecular flexibility index (Phi) is 6.04. The van der Waals surface area contributed by atoms with Crippen LogP contribution in [-0.2, 0) is 10.3 Å². The van der Waals surface area contributed by atoms with Gasteiger partial charge in [0.05, 0.1) is 18.2 Å². The molecule has 0 bridgehead atoms. The van der Waals surface area contributed by atoms with Crippen LogP contribution in [0.15, 0.2) is 53.5 Å². The average Bonchev–Trinajstić information content (AvgIpc) is 2.88. The standard InChI is InChI=1S/C21H23N3O3S/c1-21(10-5-11-28-20(22)24-21)16-8-4-9-17(13-16)23-18(25)14-6-3-7-15(12-14)19(26)27-2/h3-4,6-9,12-13H,5,10-11H2,1-2H3,(H2,22,24)(H,23,25). The van der Waals surface area contributed by atoms with Crippen molar-refractivity contribution in [2.24, 2.45) is 10.7 Å². The first-order chi connectivity index (χ1) is 13.4. The first kappa shape index (κ1) is 19.9. The van der Waals surface area contributed by atoms with E-state index in [4.69, 9.17) is 15.5 Å². The summed E-state index contributed by atoms with van der Waals surface area (Å²) < 4.78 is 4.71. The summed E-state index contributed by atoms with van der Waals surface area (Å²) in [6, 6.07) is 14.1. The summed E-state index contributed by atoms with van der Waals surface area (Å²) in [7, 11) is 1.31. The fourth-order valence-corrected chi connectivity index (χ4v) is 3.94. The highest BCUT2D eigenvalue weighted by Crippen LogP contribution is 2.35. The molecule has 0 radical (unpaired) electrons. The van der Waals surface area contributed by atoms with Crippen LogP contribution in [0.25, 0.3) is 0 Å². The van der Waals surface area contributed by atoms with Gasteiger partial charge in [0.1, 0.15) is 0 Å². The van der Waals surface area contributed by atoms with Crippen molar-refractivity contribution in [3.63, 3.8) is 0 Å². The van der Waals surface area contributed by atoms with Gasteiger partial charge in [-0.2, -0.15) is 0 Å². The lowest BCUT2D eigenvalue weighted by Gasteiger charge is -2.25. The fraction of sp³-hybridized carbons (Fsp3) is 0.286. The number of carbonyl (C=O) groups is 2. The third-order valence-corrected chi connectivity index (χ3v) is 5.58. The maximum absolute atomic E-state index is 12.6. The first-order valence-corrected chi connectivity index (χ1v) is 9.98. The second-order valence-corrected chi connectivity index (χ2v) is 7.90. The molecule has 28 heavy (non-hydrogen) atoms. The zero-order valence-corrected chi connectivity index (χ0v) is 16.7. The number of anilines is 1. The molecule has 1 unspecified atom stereocenters. The van der Waals surface area contributed by atoms with Gasteiger partial charge in [-0.15, -0.1) is 0 Å². The van der Waals surface area contributed by atoms with Gasteiger partial charge in [0.15, 0.2) is 5.17 Å². The van der Waals surface area contributed by atoms with Gasteiger partial charge in [0, 0.05) is 17.0 Å². The van der Waals surface area contributed by atoms with E-state index in [1.807, 2.05) is 24.3 Å². The van der Waals surface area contributed by atoms with Crippen LogP contribution in [-0.4, -0.2) is 29.9 Å². The quantitative estimate of drug-likeness (QED) is 0.766. The molecule has 1 atom stereocenters. The van der Waals surface area contributed by atoms with Crippen LogP contribution in [0.5, 0.6) is 0 Å². The summed E-state index contributed by atoms with van der Waals surface area (Å²) in [6.07, 6.45) is 1.90. The van der Waals surface area contributed by atoms with E-state index in [9.17, 15) is 9.59 Å². The van der Waals surface area contributed by atoms with Crippen molar-refractivity contribution in [1.29, 1.82) is 0 Å². The Bertz CT molecular complexity index is 929. The Morgan fingerprint density at radius 3 is 2.71 bits per heavy atom. The predicted octanol–water partition coefficient (Wildman–Crippen LogP) is 3.78. The van der Waals surface area contributed by atoms with Crippen molar-refractivity contribution in [2.75, 3.05) is 18.2 Å². The smallest absolute Gasteiger partial charge is 0.337 e. The zero-order valence-electron chi connectivity index (χ0n) is 15.9. The molecule has 146 valence electrons. The lowest BCUT2D eigenvalue weighted by molar-refractivity contribution is 0.0600. The minimum Gasteiger partial charge on any atom is -0.465 e. The summed E-state index contributed by atoms with van der Waals surface area (Å²) in [6.45, 7) is 2.06. The molecule has 0 spiro atoms. The number of amides is 1. The highest BCUT2D eigenvalue weighted by atomic mass is 32.2. The Morgan fingerprint density at radius 1 is 1.18 bits per heavy atom. The molecule has 1 heterocycles. The maximum atomic E-state index is 12.6. The number of thioether (sulfide) groups is 1. The van der Waals surface area contributed by atoms with Crippen molar-refractivity contribution in [1.82, 2.24) is 0 Å². The van der Waals surface area contributed by atoms with Gasteiger partial charge in [0.25, 0.3) is 5.91 Å². The van der Waals surface area contributed by atoms with Crippen LogP contribution in [0.2, 0.25) is 0 Å². The Morgan fingerprint density at radius 2 is 1.93 bits per heavy atom. The number of amidine groups is 1. The number of benzene rings is 2. The lowest BCUT2D eigenvalue weighted by atomic mass is 9.88. The number of carbonyl (C=O) groups excluding carboxylic acids is 2. The van der Waals surface area contributed by atoms with Crippen LogP contribution in [0.3, 0.4) is 0 Å². The number of nitrogens with one attached hydrogen (secondary N) is 1. The summed E-state index contributed by atoms with van der Waals surface area (Å²) in [5.74, 6) is 0.177. The Hall–Kier alpha value is -2.80. The van der Waals surface area contributed by atoms with Crippen LogP contribution < -0.4 is 11.1 Å². The second-order valence-electron chi connectivity index (χ2n) is 6.78. The number of aliphatic imine (C=N–C) groups is 1. The van der Waals surface area contributed by atoms with E-state index in [0.717, 1.165) is 24.2 Å². The molecule has 1 amide bonds. The number of ether oxygens (including phenoxy) is 1. The molecule has 2 aromatic rings. The summed E-state index contributed by atoms with van der Waals surface area (Å²) in [4.78, 5) is 29.0. The molecule has 0 aromatic heterocycles. The summed E-state index contributed by atoms with van der Waals surface area (Å²) >= 11 is 1.57. The van der Waals surface area contributed by atoms with Gasteiger partial charge in [-0.25, -0.2) is 4.79 Å². The van der Waals surface area contributed by atoms with Crippen LogP contribution in [0, 0.1) is 0 Å². The number of methoxy groups -OCH3 is 1. The molecule has 7 heteroatoms. The van der Waals surface area contributed by atoms with E-state index < -0.39 is 11.5 Å². The van der Waals surface area contributed by atoms with Gasteiger partial charge in [-0.1, -0.05) is 30.0 Å². The van der Waals surface area contributed by atoms with Crippen molar-refractivity contribution in [3.05, 3.63) is 65.2 Å². The topological polar surface area (TPSA) is 93.8 Å². The summed E-state index contributed by atoms with van der Waals surface area (Å²) in [5.41, 5.74) is 7.96. The Labute approximate surface area is 168 Å². The van der Waals surface area contributed by atoms with E-state index in [0.29, 0.717) is 22.0 Å². The Balaban J connectivity index is 1.82. The molecule has 1 aliphatic heterocycles. The minimum absolute atomic E-state index is 0.299. The van der Waals surface area contributed by atoms with Gasteiger partial charge >= 0.3 is 5.97 Å². The number of hydrogen-bond acceptors (Lipinski definition) is 6. The lowest BCUT2D eigenvalue weighted by Crippen LogP contribution is -2.22. The average molecular weight is 398 g/mol. The number of esters is 1. The molecule has 1 aliphatic rings. The van der Waals surface area contributed by atoms with E-state index in [-0.39, 0.29) is 5.91 Å². The number of hydrogen-bond donors (Lipinski definition) is 2. The molecular weight excluding hydrogens is 374 g/mol.